The fraction of sp³-hybridized carbons (Fsp3) is 0.214. The summed E-state index contributed by atoms with van der Waals surface area (Å²) in [4.78, 5) is 28.4. The van der Waals surface area contributed by atoms with E-state index in [0.29, 0.717) is 27.9 Å². The Labute approximate surface area is 214 Å². The van der Waals surface area contributed by atoms with E-state index >= 15 is 0 Å². The van der Waals surface area contributed by atoms with Crippen molar-refractivity contribution in [3.8, 4) is 5.75 Å². The maximum atomic E-state index is 13.8. The summed E-state index contributed by atoms with van der Waals surface area (Å²) in [5.41, 5.74) is 4.07. The van der Waals surface area contributed by atoms with Gasteiger partial charge in [-0.15, -0.1) is 0 Å². The van der Waals surface area contributed by atoms with Crippen LogP contribution in [0.3, 0.4) is 0 Å². The molecule has 0 aliphatic heterocycles. The van der Waals surface area contributed by atoms with Crippen molar-refractivity contribution in [2.75, 3.05) is 19.0 Å². The number of anilines is 1. The molecule has 1 N–H and O–H groups in total. The number of carbonyl (C=O) groups excluding carboxylic acids is 1. The molecule has 1 aromatic heterocycles. The van der Waals surface area contributed by atoms with E-state index in [-0.39, 0.29) is 29.5 Å². The molecule has 0 spiro atoms. The third kappa shape index (κ3) is 5.60. The molecule has 0 bridgehead atoms. The average molecular weight is 502 g/mol. The molecular formula is C28H27N3O4S. The monoisotopic (exact) mass is 501 g/mol. The number of hydrogen-bond acceptors (Lipinski definition) is 7. The topological polar surface area (TPSA) is 92.6 Å². The van der Waals surface area contributed by atoms with Crippen LogP contribution in [0, 0.1) is 0 Å². The lowest BCUT2D eigenvalue weighted by Crippen LogP contribution is -2.14. The minimum atomic E-state index is -1.18. The van der Waals surface area contributed by atoms with Gasteiger partial charge in [0.15, 0.2) is 5.78 Å². The van der Waals surface area contributed by atoms with Crippen LogP contribution in [0.25, 0.3) is 16.6 Å². The van der Waals surface area contributed by atoms with Gasteiger partial charge in [-0.1, -0.05) is 18.2 Å². The quantitative estimate of drug-likeness (QED) is 0.239. The number of allylic oxidation sites excluding steroid dienone is 1. The number of ketones is 1. The fourth-order valence-corrected chi connectivity index (χ4v) is 4.41. The molecule has 7 nitrogen and oxygen atoms in total. The largest absolute Gasteiger partial charge is 0.491 e. The maximum Gasteiger partial charge on any atom is 0.336 e. The summed E-state index contributed by atoms with van der Waals surface area (Å²) in [5.74, 6) is -0.881. The summed E-state index contributed by atoms with van der Waals surface area (Å²) < 4.78 is 14.1. The molecule has 0 aliphatic rings. The van der Waals surface area contributed by atoms with Crippen LogP contribution in [0.1, 0.15) is 35.3 Å². The highest BCUT2D eigenvalue weighted by molar-refractivity contribution is 7.00. The molecule has 0 radical (unpaired) electrons. The van der Waals surface area contributed by atoms with Gasteiger partial charge in [-0.05, 0) is 73.5 Å². The van der Waals surface area contributed by atoms with E-state index in [9.17, 15) is 14.7 Å². The van der Waals surface area contributed by atoms with Gasteiger partial charge in [-0.3, -0.25) is 4.79 Å². The minimum Gasteiger partial charge on any atom is -0.491 e. The summed E-state index contributed by atoms with van der Waals surface area (Å²) in [7, 11) is 3.89. The first kappa shape index (κ1) is 25.1. The van der Waals surface area contributed by atoms with E-state index in [4.69, 9.17) is 4.74 Å². The van der Waals surface area contributed by atoms with Gasteiger partial charge in [0.25, 0.3) is 0 Å². The van der Waals surface area contributed by atoms with E-state index in [0.717, 1.165) is 23.0 Å². The molecule has 0 saturated carbocycles. The number of benzene rings is 3. The Morgan fingerprint density at radius 2 is 1.56 bits per heavy atom. The second-order valence-corrected chi connectivity index (χ2v) is 9.41. The third-order valence-corrected chi connectivity index (χ3v) is 6.21. The van der Waals surface area contributed by atoms with Crippen LogP contribution in [0.2, 0.25) is 0 Å². The van der Waals surface area contributed by atoms with Gasteiger partial charge in [0.2, 0.25) is 0 Å². The standard InChI is InChI=1S/C28H27N3O4S/c1-17(2)35-22-12-7-19(8-13-22)27(32)23(15-18-5-10-21(11-6-18)31(3)4)26(28(33)34)20-9-14-24-25(16-20)30-36-29-24/h5-14,16-17H,15H2,1-4H3,(H,33,34)/b26-23+. The highest BCUT2D eigenvalue weighted by atomic mass is 32.1. The van der Waals surface area contributed by atoms with Crippen LogP contribution in [0.15, 0.2) is 72.3 Å². The van der Waals surface area contributed by atoms with Gasteiger partial charge < -0.3 is 14.7 Å². The molecule has 0 unspecified atom stereocenters. The highest BCUT2D eigenvalue weighted by Crippen LogP contribution is 2.29. The molecule has 8 heteroatoms. The summed E-state index contributed by atoms with van der Waals surface area (Å²) in [6.45, 7) is 3.85. The van der Waals surface area contributed by atoms with Gasteiger partial charge in [0.1, 0.15) is 16.8 Å². The van der Waals surface area contributed by atoms with Gasteiger partial charge in [-0.25, -0.2) is 4.79 Å². The van der Waals surface area contributed by atoms with Crippen molar-refractivity contribution in [1.82, 2.24) is 8.75 Å². The van der Waals surface area contributed by atoms with Crippen molar-refractivity contribution >= 4 is 45.8 Å². The van der Waals surface area contributed by atoms with E-state index in [1.165, 1.54) is 0 Å². The predicted molar refractivity (Wildman–Crippen MR) is 143 cm³/mol. The lowest BCUT2D eigenvalue weighted by atomic mass is 9.89. The number of ether oxygens (including phenoxy) is 1. The minimum absolute atomic E-state index is 0.000815. The summed E-state index contributed by atoms with van der Waals surface area (Å²) in [5, 5.41) is 10.3. The van der Waals surface area contributed by atoms with E-state index in [1.54, 1.807) is 42.5 Å². The summed E-state index contributed by atoms with van der Waals surface area (Å²) in [6, 6.07) is 19.6. The Bertz CT molecular complexity index is 1420. The Hall–Kier alpha value is -4.04. The van der Waals surface area contributed by atoms with Gasteiger partial charge in [0, 0.05) is 37.3 Å². The van der Waals surface area contributed by atoms with Crippen LogP contribution in [-0.4, -0.2) is 45.8 Å². The zero-order valence-corrected chi connectivity index (χ0v) is 21.4. The molecule has 0 aliphatic carbocycles. The lowest BCUT2D eigenvalue weighted by Gasteiger charge is -2.16. The smallest absolute Gasteiger partial charge is 0.336 e. The van der Waals surface area contributed by atoms with Crippen molar-refractivity contribution in [3.63, 3.8) is 0 Å². The van der Waals surface area contributed by atoms with Crippen molar-refractivity contribution in [2.24, 2.45) is 0 Å². The number of aliphatic carboxylic acids is 1. The van der Waals surface area contributed by atoms with Crippen LogP contribution in [-0.2, 0) is 11.2 Å². The number of Topliss-reactive ketones (excluding diaryl/α,β-unsaturated/α-hetero) is 1. The van der Waals surface area contributed by atoms with Crippen LogP contribution in [0.4, 0.5) is 5.69 Å². The molecule has 4 rings (SSSR count). The van der Waals surface area contributed by atoms with Crippen LogP contribution in [0.5, 0.6) is 5.75 Å². The Morgan fingerprint density at radius 3 is 2.17 bits per heavy atom. The number of nitrogens with zero attached hydrogens (tertiary/aromatic N) is 3. The zero-order chi connectivity index (χ0) is 25.8. The van der Waals surface area contributed by atoms with Crippen LogP contribution >= 0.6 is 11.7 Å². The molecule has 36 heavy (non-hydrogen) atoms. The lowest BCUT2D eigenvalue weighted by molar-refractivity contribution is -0.130. The summed E-state index contributed by atoms with van der Waals surface area (Å²) >= 11 is 1.06. The normalized spacial score (nSPS) is 11.9. The SMILES string of the molecule is CC(C)Oc1ccc(C(=O)/C(Cc2ccc(N(C)C)cc2)=C(/C(=O)O)c2ccc3nsnc3c2)cc1. The first-order valence-corrected chi connectivity index (χ1v) is 12.2. The molecule has 0 amide bonds. The Morgan fingerprint density at radius 1 is 0.917 bits per heavy atom. The molecule has 0 saturated heterocycles. The van der Waals surface area contributed by atoms with Gasteiger partial charge in [-0.2, -0.15) is 8.75 Å². The van der Waals surface area contributed by atoms with Crippen LogP contribution < -0.4 is 9.64 Å². The molecule has 4 aromatic rings. The van der Waals surface area contributed by atoms with E-state index in [2.05, 4.69) is 8.75 Å². The zero-order valence-electron chi connectivity index (χ0n) is 20.6. The van der Waals surface area contributed by atoms with Crippen molar-refractivity contribution < 1.29 is 19.4 Å². The number of rotatable bonds is 9. The van der Waals surface area contributed by atoms with Crippen molar-refractivity contribution in [1.29, 1.82) is 0 Å². The number of hydrogen-bond donors (Lipinski definition) is 1. The highest BCUT2D eigenvalue weighted by Gasteiger charge is 2.24. The second-order valence-electron chi connectivity index (χ2n) is 8.88. The molecule has 184 valence electrons. The fourth-order valence-electron chi connectivity index (χ4n) is 3.89. The Balaban J connectivity index is 1.82. The number of aromatic nitrogens is 2. The molecule has 0 atom stereocenters. The average Bonchev–Trinajstić information content (AvgIpc) is 3.31. The van der Waals surface area contributed by atoms with Crippen molar-refractivity contribution in [2.45, 2.75) is 26.4 Å². The first-order valence-electron chi connectivity index (χ1n) is 11.5. The van der Waals surface area contributed by atoms with Gasteiger partial charge in [0.05, 0.1) is 23.4 Å². The molecular weight excluding hydrogens is 474 g/mol. The van der Waals surface area contributed by atoms with Gasteiger partial charge >= 0.3 is 5.97 Å². The third-order valence-electron chi connectivity index (χ3n) is 5.65. The molecule has 0 fully saturated rings. The second kappa shape index (κ2) is 10.7. The van der Waals surface area contributed by atoms with Crippen molar-refractivity contribution in [3.05, 3.63) is 89.0 Å². The predicted octanol–water partition coefficient (Wildman–Crippen LogP) is 5.51. The number of fused-ring (bicyclic) bond motifs is 1. The first-order chi connectivity index (χ1) is 17.2. The molecule has 3 aromatic carbocycles. The summed E-state index contributed by atoms with van der Waals surface area (Å²) in [6.07, 6.45) is 0.159. The van der Waals surface area contributed by atoms with E-state index < -0.39 is 5.97 Å². The number of carboxylic acid groups (broad SMARTS) is 1. The molecule has 1 heterocycles. The number of carboxylic acids is 1. The maximum absolute atomic E-state index is 13.8. The number of carbonyl (C=O) groups is 2. The van der Waals surface area contributed by atoms with E-state index in [1.807, 2.05) is 57.1 Å². The Kier molecular flexibility index (Phi) is 7.45.